The third-order valence-corrected chi connectivity index (χ3v) is 5.85. The van der Waals surface area contributed by atoms with E-state index in [0.29, 0.717) is 13.2 Å². The maximum Gasteiger partial charge on any atom is 0.343 e. The molecule has 1 aliphatic rings. The van der Waals surface area contributed by atoms with Gasteiger partial charge >= 0.3 is 5.97 Å². The summed E-state index contributed by atoms with van der Waals surface area (Å²) in [7, 11) is 1.36. The van der Waals surface area contributed by atoms with Gasteiger partial charge in [0.05, 0.1) is 20.3 Å². The summed E-state index contributed by atoms with van der Waals surface area (Å²) in [6.07, 6.45) is 0.892. The van der Waals surface area contributed by atoms with Crippen LogP contribution in [-0.4, -0.2) is 46.0 Å². The van der Waals surface area contributed by atoms with E-state index in [1.807, 2.05) is 24.3 Å². The lowest BCUT2D eigenvalue weighted by Gasteiger charge is -2.22. The normalized spacial score (nSPS) is 12.6. The zero-order chi connectivity index (χ0) is 22.2. The van der Waals surface area contributed by atoms with Crippen molar-refractivity contribution in [3.05, 3.63) is 95.6 Å². The molecule has 0 radical (unpaired) electrons. The van der Waals surface area contributed by atoms with Gasteiger partial charge in [0.25, 0.3) is 0 Å². The van der Waals surface area contributed by atoms with Crippen LogP contribution in [-0.2, 0) is 20.7 Å². The van der Waals surface area contributed by atoms with Gasteiger partial charge < -0.3 is 19.1 Å². The molecule has 1 heterocycles. The summed E-state index contributed by atoms with van der Waals surface area (Å²) >= 11 is 0. The van der Waals surface area contributed by atoms with E-state index in [1.165, 1.54) is 18.2 Å². The first-order valence-electron chi connectivity index (χ1n) is 11.0. The Morgan fingerprint density at radius 1 is 0.938 bits per heavy atom. The number of methoxy groups -OCH3 is 1. The predicted octanol–water partition coefficient (Wildman–Crippen LogP) is 4.45. The molecule has 0 bridgehead atoms. The monoisotopic (exact) mass is 431 g/mol. The van der Waals surface area contributed by atoms with Gasteiger partial charge in [-0.1, -0.05) is 66.7 Å². The van der Waals surface area contributed by atoms with Crippen LogP contribution in [0.3, 0.4) is 0 Å². The summed E-state index contributed by atoms with van der Waals surface area (Å²) in [5.74, 6) is 0.586. The number of rotatable bonds is 10. The van der Waals surface area contributed by atoms with Crippen LogP contribution in [0.2, 0.25) is 0 Å². The van der Waals surface area contributed by atoms with Crippen molar-refractivity contribution in [1.29, 1.82) is 0 Å². The molecule has 0 fully saturated rings. The summed E-state index contributed by atoms with van der Waals surface area (Å²) in [5, 5.41) is 0. The van der Waals surface area contributed by atoms with Crippen molar-refractivity contribution in [3.63, 3.8) is 0 Å². The van der Waals surface area contributed by atoms with Gasteiger partial charge in [0.2, 0.25) is 0 Å². The van der Waals surface area contributed by atoms with Crippen LogP contribution in [0.25, 0.3) is 0 Å². The number of esters is 1. The number of carbonyl (C=O) groups is 1. The third kappa shape index (κ3) is 5.29. The minimum Gasteiger partial charge on any atom is -0.482 e. The van der Waals surface area contributed by atoms with Crippen molar-refractivity contribution in [2.24, 2.45) is 0 Å². The second-order valence-electron chi connectivity index (χ2n) is 7.80. The first-order chi connectivity index (χ1) is 15.8. The molecule has 32 heavy (non-hydrogen) atoms. The average Bonchev–Trinajstić information content (AvgIpc) is 3.27. The van der Waals surface area contributed by atoms with Crippen LogP contribution < -0.4 is 9.64 Å². The first kappa shape index (κ1) is 21.9. The van der Waals surface area contributed by atoms with E-state index < -0.39 is 0 Å². The van der Waals surface area contributed by atoms with Crippen molar-refractivity contribution >= 4 is 11.7 Å². The highest BCUT2D eigenvalue weighted by atomic mass is 16.6. The van der Waals surface area contributed by atoms with Gasteiger partial charge in [-0.3, -0.25) is 0 Å². The van der Waals surface area contributed by atoms with E-state index in [1.54, 1.807) is 0 Å². The van der Waals surface area contributed by atoms with Crippen LogP contribution in [0.15, 0.2) is 78.9 Å². The molecule has 0 aromatic heterocycles. The van der Waals surface area contributed by atoms with Crippen molar-refractivity contribution in [2.45, 2.75) is 12.3 Å². The minimum atomic E-state index is -0.378. The number of carbonyl (C=O) groups excluding carboxylic acids is 1. The molecular formula is C27H29NO4. The lowest BCUT2D eigenvalue weighted by Crippen LogP contribution is -2.26. The van der Waals surface area contributed by atoms with Crippen LogP contribution in [0.1, 0.15) is 22.6 Å². The minimum absolute atomic E-state index is 0.0730. The van der Waals surface area contributed by atoms with E-state index >= 15 is 0 Å². The van der Waals surface area contributed by atoms with Gasteiger partial charge in [0.1, 0.15) is 5.75 Å². The Morgan fingerprint density at radius 2 is 1.62 bits per heavy atom. The Labute approximate surface area is 189 Å². The highest BCUT2D eigenvalue weighted by Crippen LogP contribution is 2.35. The van der Waals surface area contributed by atoms with Crippen LogP contribution in [0, 0.1) is 0 Å². The van der Waals surface area contributed by atoms with Gasteiger partial charge in [-0.05, 0) is 29.7 Å². The number of benzene rings is 3. The molecule has 0 spiro atoms. The van der Waals surface area contributed by atoms with Crippen molar-refractivity contribution in [1.82, 2.24) is 0 Å². The molecule has 0 saturated heterocycles. The lowest BCUT2D eigenvalue weighted by molar-refractivity contribution is -0.142. The van der Waals surface area contributed by atoms with E-state index in [0.717, 1.165) is 36.5 Å². The maximum absolute atomic E-state index is 11.4. The molecule has 0 aliphatic carbocycles. The van der Waals surface area contributed by atoms with Crippen molar-refractivity contribution in [3.8, 4) is 5.75 Å². The van der Waals surface area contributed by atoms with Gasteiger partial charge in [0.15, 0.2) is 6.61 Å². The molecule has 0 N–H and O–H groups in total. The Hall–Kier alpha value is -3.31. The fourth-order valence-corrected chi connectivity index (χ4v) is 4.16. The lowest BCUT2D eigenvalue weighted by atomic mass is 9.92. The van der Waals surface area contributed by atoms with E-state index in [-0.39, 0.29) is 18.5 Å². The summed E-state index contributed by atoms with van der Waals surface area (Å²) in [4.78, 5) is 13.7. The molecule has 5 nitrogen and oxygen atoms in total. The Bertz CT molecular complexity index is 967. The number of anilines is 1. The molecule has 1 aliphatic heterocycles. The van der Waals surface area contributed by atoms with Crippen molar-refractivity contribution in [2.75, 3.05) is 44.9 Å². The molecular weight excluding hydrogens is 402 g/mol. The first-order valence-corrected chi connectivity index (χ1v) is 11.0. The van der Waals surface area contributed by atoms with E-state index in [4.69, 9.17) is 9.47 Å². The highest BCUT2D eigenvalue weighted by Gasteiger charge is 2.23. The van der Waals surface area contributed by atoms with Crippen LogP contribution in [0.4, 0.5) is 5.69 Å². The van der Waals surface area contributed by atoms with E-state index in [2.05, 4.69) is 64.2 Å². The molecule has 4 rings (SSSR count). The number of nitrogens with zero attached hydrogens (tertiary/aromatic N) is 1. The Morgan fingerprint density at radius 3 is 2.28 bits per heavy atom. The molecule has 0 amide bonds. The maximum atomic E-state index is 11.4. The standard InChI is InChI=1S/C27H29NO4/c1-30-27(29)20-32-26-14-8-13-25-23(26)15-16-28(25)17-18-31-19-24(21-9-4-2-5-10-21)22-11-6-3-7-12-22/h2-14,24H,15-20H2,1H3. The molecule has 3 aromatic rings. The van der Waals surface area contributed by atoms with Gasteiger partial charge in [-0.15, -0.1) is 0 Å². The van der Waals surface area contributed by atoms with Crippen LogP contribution >= 0.6 is 0 Å². The molecule has 0 unspecified atom stereocenters. The Kier molecular flexibility index (Phi) is 7.41. The van der Waals surface area contributed by atoms with Gasteiger partial charge in [-0.25, -0.2) is 4.79 Å². The summed E-state index contributed by atoms with van der Waals surface area (Å²) < 4.78 is 16.5. The molecule has 5 heteroatoms. The zero-order valence-corrected chi connectivity index (χ0v) is 18.4. The molecule has 0 atom stereocenters. The fraction of sp³-hybridized carbons (Fsp3) is 0.296. The number of fused-ring (bicyclic) bond motifs is 1. The quantitative estimate of drug-likeness (QED) is 0.351. The smallest absolute Gasteiger partial charge is 0.343 e. The molecule has 166 valence electrons. The van der Waals surface area contributed by atoms with Crippen LogP contribution in [0.5, 0.6) is 5.75 Å². The van der Waals surface area contributed by atoms with Gasteiger partial charge in [0, 0.05) is 30.3 Å². The summed E-state index contributed by atoms with van der Waals surface area (Å²) in [6, 6.07) is 27.0. The second-order valence-corrected chi connectivity index (χ2v) is 7.80. The molecule has 0 saturated carbocycles. The fourth-order valence-electron chi connectivity index (χ4n) is 4.16. The predicted molar refractivity (Wildman–Crippen MR) is 125 cm³/mol. The number of hydrogen-bond acceptors (Lipinski definition) is 5. The van der Waals surface area contributed by atoms with Gasteiger partial charge in [-0.2, -0.15) is 0 Å². The SMILES string of the molecule is COC(=O)COc1cccc2c1CCN2CCOCC(c1ccccc1)c1ccccc1. The third-order valence-electron chi connectivity index (χ3n) is 5.85. The largest absolute Gasteiger partial charge is 0.482 e. The Balaban J connectivity index is 1.35. The van der Waals surface area contributed by atoms with E-state index in [9.17, 15) is 4.79 Å². The summed E-state index contributed by atoms with van der Waals surface area (Å²) in [5.41, 5.74) is 4.82. The highest BCUT2D eigenvalue weighted by molar-refractivity contribution is 5.71. The van der Waals surface area contributed by atoms with Crippen molar-refractivity contribution < 1.29 is 19.0 Å². The number of hydrogen-bond donors (Lipinski definition) is 0. The average molecular weight is 432 g/mol. The zero-order valence-electron chi connectivity index (χ0n) is 18.4. The molecule has 3 aromatic carbocycles. The second kappa shape index (κ2) is 10.8. The topological polar surface area (TPSA) is 48.0 Å². The summed E-state index contributed by atoms with van der Waals surface area (Å²) in [6.45, 7) is 2.93. The number of ether oxygens (including phenoxy) is 3.